The lowest BCUT2D eigenvalue weighted by molar-refractivity contribution is 0.483. The number of aryl methyl sites for hydroxylation is 1. The van der Waals surface area contributed by atoms with Crippen molar-refractivity contribution in [3.05, 3.63) is 204 Å². The number of aromatic nitrogens is 3. The lowest BCUT2D eigenvalue weighted by Crippen LogP contribution is -2.15. The Labute approximate surface area is 427 Å². The molecule has 0 amide bonds. The summed E-state index contributed by atoms with van der Waals surface area (Å²) >= 11 is 0. The highest BCUT2D eigenvalue weighted by Crippen LogP contribution is 2.46. The van der Waals surface area contributed by atoms with E-state index >= 15 is 0 Å². The van der Waals surface area contributed by atoms with Gasteiger partial charge in [-0.1, -0.05) is 177 Å². The molecule has 3 aromatic heterocycles. The van der Waals surface area contributed by atoms with Crippen molar-refractivity contribution in [2.24, 2.45) is 0 Å². The summed E-state index contributed by atoms with van der Waals surface area (Å²) in [6.07, 6.45) is 1.91. The quantitative estimate of drug-likeness (QED) is 0.172. The Kier molecular flexibility index (Phi) is 9.65. The summed E-state index contributed by atoms with van der Waals surface area (Å²) in [5.74, 6) is 2.31. The molecule has 5 nitrogen and oxygen atoms in total. The van der Waals surface area contributed by atoms with Gasteiger partial charge in [-0.05, 0) is 121 Å². The Balaban J connectivity index is 1.08. The largest absolute Gasteiger partial charge is 0.457 e. The number of pyridine rings is 1. The molecule has 0 saturated carbocycles. The first kappa shape index (κ1) is 41.9. The molecule has 0 saturated heterocycles. The molecule has 0 fully saturated rings. The maximum Gasteiger partial charge on any atom is 0.137 e. The van der Waals surface area contributed by atoms with E-state index in [2.05, 4.69) is 234 Å². The van der Waals surface area contributed by atoms with E-state index in [1.165, 1.54) is 16.5 Å². The Hall–Kier alpha value is -7.89. The van der Waals surface area contributed by atoms with Crippen LogP contribution < -0.4 is 9.64 Å². The minimum Gasteiger partial charge on any atom is -0.457 e. The maximum atomic E-state index is 8.67. The summed E-state index contributed by atoms with van der Waals surface area (Å²) in [4.78, 5) is 7.30. The van der Waals surface area contributed by atoms with Gasteiger partial charge < -0.3 is 14.2 Å². The molecule has 0 radical (unpaired) electrons. The van der Waals surface area contributed by atoms with Crippen molar-refractivity contribution < 1.29 is 8.85 Å². The molecule has 0 atom stereocenters. The predicted octanol–water partition coefficient (Wildman–Crippen LogP) is 18.5. The summed E-state index contributed by atoms with van der Waals surface area (Å²) in [6, 6.07) is 62.5. The van der Waals surface area contributed by atoms with Gasteiger partial charge in [0, 0.05) is 55.2 Å². The van der Waals surface area contributed by atoms with E-state index in [4.69, 9.17) is 13.8 Å². The van der Waals surface area contributed by atoms with Crippen molar-refractivity contribution in [2.45, 2.75) is 92.1 Å². The third-order valence-corrected chi connectivity index (χ3v) is 14.8. The van der Waals surface area contributed by atoms with Gasteiger partial charge in [0.15, 0.2) is 0 Å². The zero-order valence-electron chi connectivity index (χ0n) is 45.7. The molecule has 12 rings (SSSR count). The number of ether oxygens (including phenoxy) is 1. The average molecular weight is 942 g/mol. The summed E-state index contributed by atoms with van der Waals surface area (Å²) in [7, 11) is 0. The zero-order chi connectivity index (χ0) is 52.3. The summed E-state index contributed by atoms with van der Waals surface area (Å²) in [5, 5.41) is 9.06. The van der Waals surface area contributed by atoms with Crippen LogP contribution in [0, 0.1) is 6.85 Å². The topological polar surface area (TPSA) is 35.2 Å². The zero-order valence-corrected chi connectivity index (χ0v) is 42.7. The molecule has 4 heterocycles. The molecule has 72 heavy (non-hydrogen) atoms. The minimum absolute atomic E-state index is 0.0408. The first-order valence-electron chi connectivity index (χ1n) is 26.7. The molecule has 5 heteroatoms. The standard InChI is InChI=1S/C67H62N4O/c1-42-34-43(36-46(35-42)67(8,9)10)50-23-16-24-56-51-20-11-12-21-52(51)58-37-44(65(2,3)4)28-30-53(58)57-25-17-27-60-64(57)70(63(50)56)41-69(60)47-18-15-19-48(39-47)72-49-29-31-55-54-22-13-14-26-59(54)71(61(55)40-49)62-38-45(32-33-68-62)66(5,6)7/h11-40H,41H2,1-10H3/i1D3. The van der Waals surface area contributed by atoms with Crippen molar-refractivity contribution in [1.29, 1.82) is 0 Å². The van der Waals surface area contributed by atoms with Crippen LogP contribution in [-0.2, 0) is 22.9 Å². The van der Waals surface area contributed by atoms with Crippen molar-refractivity contribution in [3.63, 3.8) is 0 Å². The molecule has 0 N–H and O–H groups in total. The third-order valence-electron chi connectivity index (χ3n) is 14.8. The molecule has 0 aliphatic carbocycles. The van der Waals surface area contributed by atoms with Crippen molar-refractivity contribution in [3.8, 4) is 28.4 Å². The molecule has 11 aromatic rings. The van der Waals surface area contributed by atoms with Gasteiger partial charge in [0.25, 0.3) is 0 Å². The van der Waals surface area contributed by atoms with E-state index in [1.54, 1.807) is 0 Å². The predicted molar refractivity (Wildman–Crippen MR) is 306 cm³/mol. The van der Waals surface area contributed by atoms with E-state index in [1.807, 2.05) is 24.4 Å². The second-order valence-corrected chi connectivity index (χ2v) is 22.8. The summed E-state index contributed by atoms with van der Waals surface area (Å²) in [5.41, 5.74) is 11.5. The Bertz CT molecular complexity index is 4160. The highest BCUT2D eigenvalue weighted by molar-refractivity contribution is 6.22. The number of benzene rings is 8. The van der Waals surface area contributed by atoms with Crippen LogP contribution >= 0.6 is 0 Å². The van der Waals surface area contributed by atoms with Gasteiger partial charge in [-0.2, -0.15) is 0 Å². The van der Waals surface area contributed by atoms with E-state index in [9.17, 15) is 0 Å². The van der Waals surface area contributed by atoms with Gasteiger partial charge >= 0.3 is 0 Å². The van der Waals surface area contributed by atoms with Crippen LogP contribution in [0.3, 0.4) is 0 Å². The normalized spacial score (nSPS) is 13.8. The van der Waals surface area contributed by atoms with Gasteiger partial charge in [-0.25, -0.2) is 4.98 Å². The van der Waals surface area contributed by atoms with Gasteiger partial charge in [-0.3, -0.25) is 4.57 Å². The number of hydrogen-bond donors (Lipinski definition) is 0. The molecule has 1 aliphatic heterocycles. The fourth-order valence-electron chi connectivity index (χ4n) is 11.0. The summed E-state index contributed by atoms with van der Waals surface area (Å²) in [6.45, 7) is 18.1. The number of hydrogen-bond acceptors (Lipinski definition) is 3. The lowest BCUT2D eigenvalue weighted by Gasteiger charge is -2.22. The molecule has 356 valence electrons. The second kappa shape index (κ2) is 16.6. The second-order valence-electron chi connectivity index (χ2n) is 22.8. The smallest absolute Gasteiger partial charge is 0.137 e. The Morgan fingerprint density at radius 3 is 1.86 bits per heavy atom. The molecular weight excluding hydrogens is 877 g/mol. The number of fused-ring (bicyclic) bond motifs is 10. The van der Waals surface area contributed by atoms with E-state index in [0.29, 0.717) is 18.0 Å². The van der Waals surface area contributed by atoms with Crippen molar-refractivity contribution in [2.75, 3.05) is 4.90 Å². The first-order chi connectivity index (χ1) is 35.7. The van der Waals surface area contributed by atoms with Crippen LogP contribution in [0.5, 0.6) is 11.5 Å². The number of rotatable bonds is 5. The lowest BCUT2D eigenvalue weighted by atomic mass is 9.84. The monoisotopic (exact) mass is 942 g/mol. The molecule has 8 aromatic carbocycles. The third kappa shape index (κ3) is 7.65. The molecule has 0 bridgehead atoms. The van der Waals surface area contributed by atoms with Gasteiger partial charge in [0.2, 0.25) is 0 Å². The van der Waals surface area contributed by atoms with Crippen molar-refractivity contribution >= 4 is 76.5 Å². The highest BCUT2D eigenvalue weighted by atomic mass is 16.5. The minimum atomic E-state index is -2.30. The SMILES string of the molecule is [2H]C([2H])([2H])c1cc(-c2cccc3c4ccccc4c4cc(C(C)(C)C)ccc4c4cccc5c4n(c23)CN5c2cccc(Oc3ccc4c5ccccc5n(-c5cc(C(C)(C)C)ccn5)c4c3)c2)cc(C(C)(C)C)c1. The fraction of sp³-hybridized carbons (Fsp3) is 0.209. The number of nitrogens with zero attached hydrogens (tertiary/aromatic N) is 4. The van der Waals surface area contributed by atoms with Gasteiger partial charge in [0.1, 0.15) is 24.0 Å². The fourth-order valence-corrected chi connectivity index (χ4v) is 11.0. The van der Waals surface area contributed by atoms with Crippen LogP contribution in [0.15, 0.2) is 182 Å². The molecule has 0 unspecified atom stereocenters. The van der Waals surface area contributed by atoms with E-state index < -0.39 is 6.85 Å². The van der Waals surface area contributed by atoms with Gasteiger partial charge in [-0.15, -0.1) is 0 Å². The molecule has 0 spiro atoms. The number of para-hydroxylation sites is 3. The van der Waals surface area contributed by atoms with Gasteiger partial charge in [0.05, 0.1) is 27.8 Å². The maximum absolute atomic E-state index is 8.67. The Morgan fingerprint density at radius 1 is 0.472 bits per heavy atom. The first-order valence-corrected chi connectivity index (χ1v) is 25.2. The van der Waals surface area contributed by atoms with E-state index in [-0.39, 0.29) is 16.2 Å². The molecule has 1 aliphatic rings. The van der Waals surface area contributed by atoms with Crippen LogP contribution in [0.2, 0.25) is 0 Å². The highest BCUT2D eigenvalue weighted by Gasteiger charge is 2.27. The average Bonchev–Trinajstić information content (AvgIpc) is 3.94. The van der Waals surface area contributed by atoms with Crippen LogP contribution in [0.4, 0.5) is 11.4 Å². The van der Waals surface area contributed by atoms with Crippen LogP contribution in [0.25, 0.3) is 82.1 Å². The summed E-state index contributed by atoms with van der Waals surface area (Å²) < 4.78 is 37.6. The number of anilines is 2. The Morgan fingerprint density at radius 2 is 1.10 bits per heavy atom. The van der Waals surface area contributed by atoms with Crippen LogP contribution in [-0.4, -0.2) is 14.1 Å². The molecular formula is C67H62N4O. The van der Waals surface area contributed by atoms with E-state index in [0.717, 1.165) is 99.4 Å². The van der Waals surface area contributed by atoms with Crippen LogP contribution in [0.1, 0.15) is 88.7 Å². The van der Waals surface area contributed by atoms with Crippen molar-refractivity contribution in [1.82, 2.24) is 14.1 Å².